The van der Waals surface area contributed by atoms with E-state index >= 15 is 0 Å². The molecule has 0 spiro atoms. The fourth-order valence-electron chi connectivity index (χ4n) is 1.20. The van der Waals surface area contributed by atoms with Gasteiger partial charge in [0.25, 0.3) is 0 Å². The van der Waals surface area contributed by atoms with Crippen LogP contribution in [0.2, 0.25) is 15.3 Å². The smallest absolute Gasteiger partial charge is 0.346 e. The van der Waals surface area contributed by atoms with Gasteiger partial charge < -0.3 is 4.74 Å². The Hall–Kier alpha value is -1.43. The van der Waals surface area contributed by atoms with E-state index in [1.165, 1.54) is 18.5 Å². The fraction of sp³-hybridized carbons (Fsp3) is 0. The Morgan fingerprint density at radius 3 is 2.58 bits per heavy atom. The summed E-state index contributed by atoms with van der Waals surface area (Å²) in [6.07, 6.45) is 2.65. The molecule has 2 aromatic heterocycles. The topological polar surface area (TPSA) is 52.1 Å². The van der Waals surface area contributed by atoms with Gasteiger partial charge in [-0.3, -0.25) is 4.98 Å². The van der Waals surface area contributed by atoms with Gasteiger partial charge in [-0.1, -0.05) is 34.8 Å². The van der Waals surface area contributed by atoms with Crippen molar-refractivity contribution in [2.45, 2.75) is 0 Å². The number of nitrogens with zero attached hydrogens (tertiary/aromatic N) is 2. The molecule has 0 saturated carbocycles. The van der Waals surface area contributed by atoms with Gasteiger partial charge in [0.05, 0.1) is 11.2 Å². The van der Waals surface area contributed by atoms with Crippen LogP contribution >= 0.6 is 34.8 Å². The first-order valence-electron chi connectivity index (χ1n) is 4.81. The molecule has 2 aromatic rings. The van der Waals surface area contributed by atoms with Crippen molar-refractivity contribution in [3.8, 4) is 5.75 Å². The summed E-state index contributed by atoms with van der Waals surface area (Å²) in [5.41, 5.74) is -0.247. The summed E-state index contributed by atoms with van der Waals surface area (Å²) in [5, 5.41) is -0.394. The molecule has 98 valence electrons. The van der Waals surface area contributed by atoms with Gasteiger partial charge in [-0.25, -0.2) is 14.2 Å². The summed E-state index contributed by atoms with van der Waals surface area (Å²) in [4.78, 5) is 19.0. The normalized spacial score (nSPS) is 10.3. The van der Waals surface area contributed by atoms with Gasteiger partial charge in [-0.15, -0.1) is 0 Å². The van der Waals surface area contributed by atoms with Crippen molar-refractivity contribution < 1.29 is 13.9 Å². The van der Waals surface area contributed by atoms with Gasteiger partial charge in [-0.05, 0) is 6.07 Å². The molecule has 8 heteroatoms. The van der Waals surface area contributed by atoms with Crippen LogP contribution in [-0.2, 0) is 0 Å². The van der Waals surface area contributed by atoms with Crippen LogP contribution in [-0.4, -0.2) is 15.9 Å². The summed E-state index contributed by atoms with van der Waals surface area (Å²) >= 11 is 16.8. The van der Waals surface area contributed by atoms with Crippen LogP contribution in [0.4, 0.5) is 4.39 Å². The Bertz CT molecular complexity index is 652. The number of hydrogen-bond acceptors (Lipinski definition) is 4. The molecule has 4 nitrogen and oxygen atoms in total. The molecule has 2 heterocycles. The highest BCUT2D eigenvalue weighted by Crippen LogP contribution is 2.22. The molecule has 0 amide bonds. The number of pyridine rings is 2. The van der Waals surface area contributed by atoms with Gasteiger partial charge in [0.1, 0.15) is 10.7 Å². The number of aromatic nitrogens is 2. The first-order valence-corrected chi connectivity index (χ1v) is 5.95. The lowest BCUT2D eigenvalue weighted by molar-refractivity contribution is 0.0733. The Labute approximate surface area is 122 Å². The number of esters is 1. The average molecular weight is 322 g/mol. The van der Waals surface area contributed by atoms with Gasteiger partial charge in [-0.2, -0.15) is 0 Å². The molecule has 0 aromatic carbocycles. The van der Waals surface area contributed by atoms with Crippen LogP contribution in [0.3, 0.4) is 0 Å². The molecule has 0 radical (unpaired) electrons. The molecule has 19 heavy (non-hydrogen) atoms. The van der Waals surface area contributed by atoms with E-state index in [2.05, 4.69) is 9.97 Å². The van der Waals surface area contributed by atoms with Crippen LogP contribution < -0.4 is 4.74 Å². The Balaban J connectivity index is 2.28. The van der Waals surface area contributed by atoms with Crippen LogP contribution in [0.25, 0.3) is 0 Å². The van der Waals surface area contributed by atoms with Crippen molar-refractivity contribution in [3.05, 3.63) is 51.2 Å². The molecule has 0 atom stereocenters. The molecular formula is C11H4Cl3FN2O2. The second-order valence-corrected chi connectivity index (χ2v) is 4.48. The van der Waals surface area contributed by atoms with Crippen molar-refractivity contribution in [2.24, 2.45) is 0 Å². The molecule has 0 bridgehead atoms. The lowest BCUT2D eigenvalue weighted by atomic mass is 10.3. The first kappa shape index (κ1) is 14.0. The zero-order chi connectivity index (χ0) is 14.0. The number of carbonyl (C=O) groups excluding carboxylic acids is 1. The Morgan fingerprint density at radius 2 is 1.89 bits per heavy atom. The second kappa shape index (κ2) is 5.69. The van der Waals surface area contributed by atoms with Crippen molar-refractivity contribution in [1.82, 2.24) is 9.97 Å². The van der Waals surface area contributed by atoms with Gasteiger partial charge in [0.2, 0.25) is 0 Å². The summed E-state index contributed by atoms with van der Waals surface area (Å²) in [7, 11) is 0. The third-order valence-electron chi connectivity index (χ3n) is 2.00. The largest absolute Gasteiger partial charge is 0.421 e. The molecule has 0 N–H and O–H groups in total. The lowest BCUT2D eigenvalue weighted by Gasteiger charge is -2.06. The highest BCUT2D eigenvalue weighted by Gasteiger charge is 2.17. The molecule has 0 aliphatic heterocycles. The Morgan fingerprint density at radius 1 is 1.16 bits per heavy atom. The van der Waals surface area contributed by atoms with E-state index in [0.717, 1.165) is 6.07 Å². The zero-order valence-corrected chi connectivity index (χ0v) is 11.3. The van der Waals surface area contributed by atoms with Crippen molar-refractivity contribution in [3.63, 3.8) is 0 Å². The number of carbonyl (C=O) groups is 1. The van der Waals surface area contributed by atoms with E-state index < -0.39 is 16.9 Å². The van der Waals surface area contributed by atoms with E-state index in [4.69, 9.17) is 39.5 Å². The third kappa shape index (κ3) is 3.32. The number of hydrogen-bond donors (Lipinski definition) is 0. The van der Waals surface area contributed by atoms with Gasteiger partial charge in [0.15, 0.2) is 16.7 Å². The molecule has 0 aliphatic carbocycles. The lowest BCUT2D eigenvalue weighted by Crippen LogP contribution is -2.11. The van der Waals surface area contributed by atoms with Crippen molar-refractivity contribution >= 4 is 40.8 Å². The number of rotatable bonds is 2. The van der Waals surface area contributed by atoms with Crippen molar-refractivity contribution in [1.29, 1.82) is 0 Å². The van der Waals surface area contributed by atoms with Crippen LogP contribution in [0.1, 0.15) is 10.4 Å². The van der Waals surface area contributed by atoms with E-state index in [9.17, 15) is 9.18 Å². The maximum atomic E-state index is 13.2. The molecule has 0 fully saturated rings. The minimum absolute atomic E-state index is 0.101. The predicted octanol–water partition coefficient (Wildman–Crippen LogP) is 3.80. The molecule has 0 aliphatic rings. The minimum atomic E-state index is -0.892. The second-order valence-electron chi connectivity index (χ2n) is 3.33. The van der Waals surface area contributed by atoms with E-state index in [1.54, 1.807) is 0 Å². The monoisotopic (exact) mass is 320 g/mol. The molecule has 0 unspecified atom stereocenters. The summed E-state index contributed by atoms with van der Waals surface area (Å²) in [6, 6.07) is 2.22. The zero-order valence-electron chi connectivity index (χ0n) is 9.03. The Kier molecular flexibility index (Phi) is 4.19. The number of ether oxygens (including phenoxy) is 1. The molecule has 0 saturated heterocycles. The van der Waals surface area contributed by atoms with Crippen LogP contribution in [0.15, 0.2) is 24.5 Å². The summed E-state index contributed by atoms with van der Waals surface area (Å²) in [6.45, 7) is 0. The van der Waals surface area contributed by atoms with Crippen molar-refractivity contribution in [2.75, 3.05) is 0 Å². The molecule has 2 rings (SSSR count). The average Bonchev–Trinajstić information content (AvgIpc) is 2.33. The van der Waals surface area contributed by atoms with E-state index in [1.807, 2.05) is 0 Å². The fourth-order valence-corrected chi connectivity index (χ4v) is 1.76. The summed E-state index contributed by atoms with van der Waals surface area (Å²) < 4.78 is 18.2. The van der Waals surface area contributed by atoms with E-state index in [-0.39, 0.29) is 21.5 Å². The highest BCUT2D eigenvalue weighted by molar-refractivity contribution is 6.34. The maximum Gasteiger partial charge on any atom is 0.346 e. The number of halogens is 4. The van der Waals surface area contributed by atoms with Crippen LogP contribution in [0.5, 0.6) is 5.75 Å². The third-order valence-corrected chi connectivity index (χ3v) is 2.76. The summed E-state index contributed by atoms with van der Waals surface area (Å²) in [5.74, 6) is -1.66. The quantitative estimate of drug-likeness (QED) is 0.623. The standard InChI is InChI=1S/C11H4Cl3FN2O2/c12-5-1-6(4-16-3-5)19-11(18)7-2-8(15)10(14)17-9(7)13/h1-4H. The maximum absolute atomic E-state index is 13.2. The highest BCUT2D eigenvalue weighted by atomic mass is 35.5. The van der Waals surface area contributed by atoms with E-state index in [0.29, 0.717) is 0 Å². The van der Waals surface area contributed by atoms with Gasteiger partial charge >= 0.3 is 5.97 Å². The first-order chi connectivity index (χ1) is 8.97. The SMILES string of the molecule is O=C(Oc1cncc(Cl)c1)c1cc(F)c(Cl)nc1Cl. The van der Waals surface area contributed by atoms with Gasteiger partial charge in [0, 0.05) is 12.3 Å². The minimum Gasteiger partial charge on any atom is -0.421 e. The van der Waals surface area contributed by atoms with Crippen LogP contribution in [0, 0.1) is 5.82 Å². The predicted molar refractivity (Wildman–Crippen MR) is 68.4 cm³/mol. The molecular weight excluding hydrogens is 317 g/mol.